The van der Waals surface area contributed by atoms with Gasteiger partial charge in [0.15, 0.2) is 0 Å². The number of hydrogen-bond acceptors (Lipinski definition) is 5. The quantitative estimate of drug-likeness (QED) is 0.594. The second-order valence-electron chi connectivity index (χ2n) is 8.06. The largest absolute Gasteiger partial charge is 0.495 e. The molecule has 2 fully saturated rings. The zero-order valence-electron chi connectivity index (χ0n) is 18.6. The number of carbonyl (C=O) groups excluding carboxylic acids is 1. The first-order valence-corrected chi connectivity index (χ1v) is 12.5. The number of likely N-dealkylation sites (tertiary alicyclic amines) is 1. The number of carbonyl (C=O) groups is 1. The van der Waals surface area contributed by atoms with E-state index in [1.54, 1.807) is 26.0 Å². The van der Waals surface area contributed by atoms with Crippen molar-refractivity contribution < 1.29 is 17.9 Å². The van der Waals surface area contributed by atoms with E-state index in [2.05, 4.69) is 11.8 Å². The van der Waals surface area contributed by atoms with E-state index in [-0.39, 0.29) is 28.6 Å². The standard InChI is InChI=1S/C22H35N3O4S/c1-5-23-14-12-19(13-15-23)25(18-9-10-18)22(26)17-8-11-20(29-4)21(16-17)30(27,28)24(6-2)7-3/h8,11,16,18-19H,5-7,9-10,12-15H2,1-4H3. The minimum absolute atomic E-state index is 0.0638. The smallest absolute Gasteiger partial charge is 0.254 e. The first-order valence-electron chi connectivity index (χ1n) is 11.1. The summed E-state index contributed by atoms with van der Waals surface area (Å²) in [5, 5.41) is 0. The molecule has 2 aliphatic rings. The summed E-state index contributed by atoms with van der Waals surface area (Å²) in [4.78, 5) is 18.0. The molecule has 0 spiro atoms. The fraction of sp³-hybridized carbons (Fsp3) is 0.682. The number of sulfonamides is 1. The Balaban J connectivity index is 1.91. The molecule has 7 nitrogen and oxygen atoms in total. The summed E-state index contributed by atoms with van der Waals surface area (Å²) in [6.45, 7) is 9.55. The van der Waals surface area contributed by atoms with Crippen LogP contribution in [0, 0.1) is 0 Å². The molecule has 168 valence electrons. The van der Waals surface area contributed by atoms with Gasteiger partial charge >= 0.3 is 0 Å². The highest BCUT2D eigenvalue weighted by Crippen LogP contribution is 2.35. The molecule has 0 aromatic heterocycles. The molecular formula is C22H35N3O4S. The van der Waals surface area contributed by atoms with Crippen molar-refractivity contribution in [2.24, 2.45) is 0 Å². The van der Waals surface area contributed by atoms with E-state index in [4.69, 9.17) is 4.74 Å². The van der Waals surface area contributed by atoms with Gasteiger partial charge in [0.05, 0.1) is 7.11 Å². The fourth-order valence-electron chi connectivity index (χ4n) is 4.36. The molecule has 1 heterocycles. The van der Waals surface area contributed by atoms with Crippen molar-refractivity contribution in [3.63, 3.8) is 0 Å². The van der Waals surface area contributed by atoms with Crippen molar-refractivity contribution in [3.05, 3.63) is 23.8 Å². The molecule has 1 aromatic rings. The van der Waals surface area contributed by atoms with Crippen molar-refractivity contribution in [1.82, 2.24) is 14.1 Å². The zero-order valence-corrected chi connectivity index (χ0v) is 19.5. The molecule has 1 aliphatic carbocycles. The van der Waals surface area contributed by atoms with Crippen molar-refractivity contribution in [3.8, 4) is 5.75 Å². The Morgan fingerprint density at radius 3 is 2.17 bits per heavy atom. The van der Waals surface area contributed by atoms with Crippen molar-refractivity contribution in [2.75, 3.05) is 39.8 Å². The Kier molecular flexibility index (Phi) is 7.42. The van der Waals surface area contributed by atoms with E-state index in [1.807, 2.05) is 4.90 Å². The van der Waals surface area contributed by atoms with Crippen LogP contribution in [0.4, 0.5) is 0 Å². The number of rotatable bonds is 9. The Morgan fingerprint density at radius 2 is 1.67 bits per heavy atom. The Labute approximate surface area is 181 Å². The Morgan fingerprint density at radius 1 is 1.07 bits per heavy atom. The van der Waals surface area contributed by atoms with Crippen LogP contribution in [0.2, 0.25) is 0 Å². The average Bonchev–Trinajstić information content (AvgIpc) is 3.59. The predicted octanol–water partition coefficient (Wildman–Crippen LogP) is 2.81. The van der Waals surface area contributed by atoms with Gasteiger partial charge in [-0.1, -0.05) is 20.8 Å². The molecule has 0 bridgehead atoms. The minimum atomic E-state index is -3.73. The topological polar surface area (TPSA) is 70.2 Å². The van der Waals surface area contributed by atoms with E-state index >= 15 is 0 Å². The van der Waals surface area contributed by atoms with Crippen LogP contribution in [0.1, 0.15) is 56.8 Å². The van der Waals surface area contributed by atoms with Crippen molar-refractivity contribution >= 4 is 15.9 Å². The van der Waals surface area contributed by atoms with Crippen LogP contribution >= 0.6 is 0 Å². The Hall–Kier alpha value is -1.64. The second kappa shape index (κ2) is 9.66. The van der Waals surface area contributed by atoms with Crippen LogP contribution in [-0.2, 0) is 10.0 Å². The maximum Gasteiger partial charge on any atom is 0.254 e. The van der Waals surface area contributed by atoms with E-state index in [9.17, 15) is 13.2 Å². The summed E-state index contributed by atoms with van der Waals surface area (Å²) in [6, 6.07) is 5.30. The van der Waals surface area contributed by atoms with E-state index in [0.717, 1.165) is 45.3 Å². The van der Waals surface area contributed by atoms with Crippen LogP contribution in [0.15, 0.2) is 23.1 Å². The van der Waals surface area contributed by atoms with Crippen LogP contribution < -0.4 is 4.74 Å². The summed E-state index contributed by atoms with van der Waals surface area (Å²) in [7, 11) is -2.28. The van der Waals surface area contributed by atoms with Gasteiger partial charge < -0.3 is 14.5 Å². The molecule has 1 amide bonds. The number of benzene rings is 1. The normalized spacial score (nSPS) is 18.6. The van der Waals surface area contributed by atoms with Gasteiger partial charge in [0.1, 0.15) is 10.6 Å². The van der Waals surface area contributed by atoms with Gasteiger partial charge in [0.25, 0.3) is 5.91 Å². The first kappa shape index (κ1) is 23.0. The maximum absolute atomic E-state index is 13.5. The summed E-state index contributed by atoms with van der Waals surface area (Å²) in [5.41, 5.74) is 0.423. The molecule has 0 atom stereocenters. The number of ether oxygens (including phenoxy) is 1. The third kappa shape index (κ3) is 4.65. The van der Waals surface area contributed by atoms with E-state index < -0.39 is 10.0 Å². The highest BCUT2D eigenvalue weighted by molar-refractivity contribution is 7.89. The maximum atomic E-state index is 13.5. The second-order valence-corrected chi connectivity index (χ2v) is 9.97. The summed E-state index contributed by atoms with van der Waals surface area (Å²) in [6.07, 6.45) is 3.99. The van der Waals surface area contributed by atoms with Gasteiger partial charge in [-0.15, -0.1) is 0 Å². The number of methoxy groups -OCH3 is 1. The van der Waals surface area contributed by atoms with E-state index in [0.29, 0.717) is 18.7 Å². The van der Waals surface area contributed by atoms with Crippen LogP contribution in [0.25, 0.3) is 0 Å². The fourth-order valence-corrected chi connectivity index (χ4v) is 6.00. The monoisotopic (exact) mass is 437 g/mol. The van der Waals surface area contributed by atoms with Crippen LogP contribution in [0.5, 0.6) is 5.75 Å². The lowest BCUT2D eigenvalue weighted by Crippen LogP contribution is -2.48. The molecule has 0 N–H and O–H groups in total. The highest BCUT2D eigenvalue weighted by atomic mass is 32.2. The summed E-state index contributed by atoms with van der Waals surface area (Å²) in [5.74, 6) is 0.207. The molecular weight excluding hydrogens is 402 g/mol. The van der Waals surface area contributed by atoms with Gasteiger partial charge in [-0.3, -0.25) is 4.79 Å². The van der Waals surface area contributed by atoms with Gasteiger partial charge in [-0.25, -0.2) is 8.42 Å². The van der Waals surface area contributed by atoms with Gasteiger partial charge in [0, 0.05) is 43.8 Å². The lowest BCUT2D eigenvalue weighted by atomic mass is 10.0. The summed E-state index contributed by atoms with van der Waals surface area (Å²) < 4.78 is 33.0. The molecule has 1 aliphatic heterocycles. The lowest BCUT2D eigenvalue weighted by molar-refractivity contribution is 0.0554. The van der Waals surface area contributed by atoms with Crippen molar-refractivity contribution in [1.29, 1.82) is 0 Å². The van der Waals surface area contributed by atoms with Gasteiger partial charge in [0.2, 0.25) is 10.0 Å². The molecule has 1 saturated carbocycles. The molecule has 0 unspecified atom stereocenters. The van der Waals surface area contributed by atoms with Gasteiger partial charge in [-0.2, -0.15) is 4.31 Å². The first-order chi connectivity index (χ1) is 14.4. The number of hydrogen-bond donors (Lipinski definition) is 0. The van der Waals surface area contributed by atoms with E-state index in [1.165, 1.54) is 17.5 Å². The van der Waals surface area contributed by atoms with Crippen LogP contribution in [0.3, 0.4) is 0 Å². The Bertz CT molecular complexity index is 842. The third-order valence-electron chi connectivity index (χ3n) is 6.31. The number of nitrogens with zero attached hydrogens (tertiary/aromatic N) is 3. The third-order valence-corrected chi connectivity index (χ3v) is 8.38. The van der Waals surface area contributed by atoms with Crippen LogP contribution in [-0.4, -0.2) is 80.3 Å². The molecule has 30 heavy (non-hydrogen) atoms. The minimum Gasteiger partial charge on any atom is -0.495 e. The number of amides is 1. The molecule has 3 rings (SSSR count). The van der Waals surface area contributed by atoms with Crippen molar-refractivity contribution in [2.45, 2.75) is 63.4 Å². The van der Waals surface area contributed by atoms with Gasteiger partial charge in [-0.05, 0) is 50.4 Å². The molecule has 8 heteroatoms. The zero-order chi connectivity index (χ0) is 21.9. The number of piperidine rings is 1. The predicted molar refractivity (Wildman–Crippen MR) is 117 cm³/mol. The molecule has 1 aromatic carbocycles. The molecule has 1 saturated heterocycles. The summed E-state index contributed by atoms with van der Waals surface area (Å²) >= 11 is 0. The highest BCUT2D eigenvalue weighted by Gasteiger charge is 2.39. The SMILES string of the molecule is CCN1CCC(N(C(=O)c2ccc(OC)c(S(=O)(=O)N(CC)CC)c2)C2CC2)CC1. The lowest BCUT2D eigenvalue weighted by Gasteiger charge is -2.38. The molecule has 0 radical (unpaired) electrons. The average molecular weight is 438 g/mol.